The van der Waals surface area contributed by atoms with Gasteiger partial charge in [0.2, 0.25) is 0 Å². The maximum absolute atomic E-state index is 11.1. The van der Waals surface area contributed by atoms with E-state index in [0.717, 1.165) is 19.3 Å². The quantitative estimate of drug-likeness (QED) is 0.355. The van der Waals surface area contributed by atoms with Crippen LogP contribution in [0, 0.1) is 0 Å². The van der Waals surface area contributed by atoms with Gasteiger partial charge in [-0.15, -0.1) is 0 Å². The van der Waals surface area contributed by atoms with Crippen molar-refractivity contribution in [3.05, 3.63) is 0 Å². The lowest BCUT2D eigenvalue weighted by atomic mass is 10.1. The zero-order valence-electron chi connectivity index (χ0n) is 10.7. The first-order valence-corrected chi connectivity index (χ1v) is 6.09. The normalized spacial score (nSPS) is 10.0. The molecule has 0 fully saturated rings. The summed E-state index contributed by atoms with van der Waals surface area (Å²) in [5.41, 5.74) is 0. The zero-order chi connectivity index (χ0) is 12.9. The van der Waals surface area contributed by atoms with Gasteiger partial charge in [-0.05, 0) is 6.42 Å². The van der Waals surface area contributed by atoms with Crippen LogP contribution in [0.5, 0.6) is 0 Å². The first kappa shape index (κ1) is 15.9. The summed E-state index contributed by atoms with van der Waals surface area (Å²) in [5, 5.41) is 0. The maximum Gasteiger partial charge on any atom is 0.380 e. The Morgan fingerprint density at radius 2 is 1.47 bits per heavy atom. The Hall–Kier alpha value is -1.10. The molecule has 0 spiro atoms. The third-order valence-corrected chi connectivity index (χ3v) is 2.22. The molecule has 5 heteroatoms. The van der Waals surface area contributed by atoms with E-state index >= 15 is 0 Å². The SMILES string of the molecule is CCCCCCCCC(=O)OOC(=O)COC. The topological polar surface area (TPSA) is 61.8 Å². The van der Waals surface area contributed by atoms with Crippen LogP contribution in [-0.4, -0.2) is 25.7 Å². The summed E-state index contributed by atoms with van der Waals surface area (Å²) in [6, 6.07) is 0. The summed E-state index contributed by atoms with van der Waals surface area (Å²) in [6.45, 7) is 1.94. The largest absolute Gasteiger partial charge is 0.380 e. The van der Waals surface area contributed by atoms with Crippen LogP contribution in [0.2, 0.25) is 0 Å². The average Bonchev–Trinajstić information content (AvgIpc) is 2.31. The molecule has 0 bridgehead atoms. The van der Waals surface area contributed by atoms with E-state index in [1.807, 2.05) is 0 Å². The molecule has 17 heavy (non-hydrogen) atoms. The number of carbonyl (C=O) groups excluding carboxylic acids is 2. The van der Waals surface area contributed by atoms with Crippen LogP contribution in [0.25, 0.3) is 0 Å². The second-order valence-corrected chi connectivity index (χ2v) is 3.86. The highest BCUT2D eigenvalue weighted by Gasteiger charge is 2.08. The maximum atomic E-state index is 11.1. The third-order valence-electron chi connectivity index (χ3n) is 2.22. The van der Waals surface area contributed by atoms with Crippen molar-refractivity contribution in [1.82, 2.24) is 0 Å². The summed E-state index contributed by atoms with van der Waals surface area (Å²) < 4.78 is 4.51. The molecule has 0 aliphatic carbocycles. The number of hydrogen-bond acceptors (Lipinski definition) is 5. The Kier molecular flexibility index (Phi) is 10.7. The molecule has 0 rings (SSSR count). The predicted molar refractivity (Wildman–Crippen MR) is 62.1 cm³/mol. The first-order chi connectivity index (χ1) is 8.20. The van der Waals surface area contributed by atoms with E-state index in [1.54, 1.807) is 0 Å². The van der Waals surface area contributed by atoms with Crippen LogP contribution in [0.1, 0.15) is 51.9 Å². The smallest absolute Gasteiger partial charge is 0.373 e. The second kappa shape index (κ2) is 11.4. The highest BCUT2D eigenvalue weighted by molar-refractivity contribution is 5.73. The van der Waals surface area contributed by atoms with Gasteiger partial charge >= 0.3 is 11.9 Å². The Morgan fingerprint density at radius 1 is 0.882 bits per heavy atom. The lowest BCUT2D eigenvalue weighted by molar-refractivity contribution is -0.261. The number of unbranched alkanes of at least 4 members (excludes halogenated alkanes) is 5. The van der Waals surface area contributed by atoms with Gasteiger partial charge in [0.05, 0.1) is 6.42 Å². The molecular formula is C12H22O5. The van der Waals surface area contributed by atoms with E-state index in [2.05, 4.69) is 21.4 Å². The molecule has 0 radical (unpaired) electrons. The Labute approximate surface area is 102 Å². The van der Waals surface area contributed by atoms with E-state index in [9.17, 15) is 9.59 Å². The Balaban J connectivity index is 3.31. The minimum atomic E-state index is -0.705. The molecule has 0 aliphatic rings. The van der Waals surface area contributed by atoms with E-state index in [-0.39, 0.29) is 13.0 Å². The van der Waals surface area contributed by atoms with Crippen molar-refractivity contribution in [3.8, 4) is 0 Å². The van der Waals surface area contributed by atoms with Crippen molar-refractivity contribution in [2.45, 2.75) is 51.9 Å². The van der Waals surface area contributed by atoms with Gasteiger partial charge in [0.25, 0.3) is 0 Å². The highest BCUT2D eigenvalue weighted by Crippen LogP contribution is 2.07. The van der Waals surface area contributed by atoms with Gasteiger partial charge in [-0.1, -0.05) is 39.0 Å². The minimum absolute atomic E-state index is 0.218. The van der Waals surface area contributed by atoms with Gasteiger partial charge in [-0.3, -0.25) is 0 Å². The molecule has 0 aromatic carbocycles. The fourth-order valence-corrected chi connectivity index (χ4v) is 1.33. The van der Waals surface area contributed by atoms with Crippen LogP contribution in [0.15, 0.2) is 0 Å². The van der Waals surface area contributed by atoms with E-state index in [4.69, 9.17) is 0 Å². The number of methoxy groups -OCH3 is 1. The van der Waals surface area contributed by atoms with Crippen molar-refractivity contribution in [2.24, 2.45) is 0 Å². The molecule has 0 saturated heterocycles. The predicted octanol–water partition coefficient (Wildman–Crippen LogP) is 2.38. The van der Waals surface area contributed by atoms with Crippen LogP contribution >= 0.6 is 0 Å². The standard InChI is InChI=1S/C12H22O5/c1-3-4-5-6-7-8-9-11(13)16-17-12(14)10-15-2/h3-10H2,1-2H3. The van der Waals surface area contributed by atoms with Crippen molar-refractivity contribution >= 4 is 11.9 Å². The highest BCUT2D eigenvalue weighted by atomic mass is 17.2. The Morgan fingerprint density at radius 3 is 2.12 bits per heavy atom. The lowest BCUT2D eigenvalue weighted by Gasteiger charge is -2.02. The first-order valence-electron chi connectivity index (χ1n) is 6.09. The van der Waals surface area contributed by atoms with Crippen LogP contribution in [0.4, 0.5) is 0 Å². The van der Waals surface area contributed by atoms with Crippen LogP contribution in [-0.2, 0) is 24.1 Å². The van der Waals surface area contributed by atoms with Gasteiger partial charge in [0.15, 0.2) is 0 Å². The van der Waals surface area contributed by atoms with E-state index in [1.165, 1.54) is 26.4 Å². The molecular weight excluding hydrogens is 224 g/mol. The second-order valence-electron chi connectivity index (χ2n) is 3.86. The van der Waals surface area contributed by atoms with Gasteiger partial charge in [-0.25, -0.2) is 19.4 Å². The van der Waals surface area contributed by atoms with Crippen molar-refractivity contribution in [2.75, 3.05) is 13.7 Å². The molecule has 0 unspecified atom stereocenters. The number of rotatable bonds is 9. The Bertz CT molecular complexity index is 215. The number of carbonyl (C=O) groups is 2. The van der Waals surface area contributed by atoms with Crippen LogP contribution < -0.4 is 0 Å². The lowest BCUT2D eigenvalue weighted by Crippen LogP contribution is -2.15. The van der Waals surface area contributed by atoms with Crippen LogP contribution in [0.3, 0.4) is 0 Å². The molecule has 0 aliphatic heterocycles. The van der Waals surface area contributed by atoms with Crippen molar-refractivity contribution in [1.29, 1.82) is 0 Å². The number of hydrogen-bond donors (Lipinski definition) is 0. The van der Waals surface area contributed by atoms with Gasteiger partial charge in [0.1, 0.15) is 6.61 Å². The van der Waals surface area contributed by atoms with E-state index < -0.39 is 11.9 Å². The molecule has 0 amide bonds. The van der Waals surface area contributed by atoms with Crippen molar-refractivity contribution < 1.29 is 24.1 Å². The molecule has 100 valence electrons. The fraction of sp³-hybridized carbons (Fsp3) is 0.833. The summed E-state index contributed by atoms with van der Waals surface area (Å²) in [4.78, 5) is 30.4. The molecule has 0 N–H and O–H groups in total. The molecule has 0 heterocycles. The molecule has 5 nitrogen and oxygen atoms in total. The van der Waals surface area contributed by atoms with Gasteiger partial charge in [0, 0.05) is 7.11 Å². The summed E-state index contributed by atoms with van der Waals surface area (Å²) in [5.74, 6) is -1.21. The summed E-state index contributed by atoms with van der Waals surface area (Å²) in [6.07, 6.45) is 6.83. The van der Waals surface area contributed by atoms with Crippen molar-refractivity contribution in [3.63, 3.8) is 0 Å². The monoisotopic (exact) mass is 246 g/mol. The van der Waals surface area contributed by atoms with Gasteiger partial charge < -0.3 is 4.74 Å². The average molecular weight is 246 g/mol. The molecule has 0 atom stereocenters. The van der Waals surface area contributed by atoms with E-state index in [0.29, 0.717) is 0 Å². The molecule has 0 aromatic heterocycles. The van der Waals surface area contributed by atoms with Gasteiger partial charge in [-0.2, -0.15) is 0 Å². The molecule has 0 aromatic rings. The third kappa shape index (κ3) is 11.2. The zero-order valence-corrected chi connectivity index (χ0v) is 10.7. The summed E-state index contributed by atoms with van der Waals surface area (Å²) >= 11 is 0. The fourth-order valence-electron chi connectivity index (χ4n) is 1.33. The number of ether oxygens (including phenoxy) is 1. The molecule has 0 saturated carbocycles. The minimum Gasteiger partial charge on any atom is -0.373 e. The summed E-state index contributed by atoms with van der Waals surface area (Å²) in [7, 11) is 1.36.